The Morgan fingerprint density at radius 1 is 1.10 bits per heavy atom. The van der Waals surface area contributed by atoms with Crippen LogP contribution in [0.25, 0.3) is 16.7 Å². The van der Waals surface area contributed by atoms with Gasteiger partial charge in [0.1, 0.15) is 0 Å². The van der Waals surface area contributed by atoms with Crippen molar-refractivity contribution in [1.82, 2.24) is 24.5 Å². The van der Waals surface area contributed by atoms with Crippen LogP contribution in [-0.4, -0.2) is 36.6 Å². The molecule has 0 aliphatic rings. The minimum Gasteiger partial charge on any atom is -0.350 e. The number of nitrogens with zero attached hydrogens (tertiary/aromatic N) is 4. The number of para-hydroxylation sites is 1. The number of ketones is 1. The van der Waals surface area contributed by atoms with Gasteiger partial charge in [0.2, 0.25) is 11.7 Å². The number of Topliss-reactive ketones (excluding diaryl/α,β-unsaturated/α-hetero) is 1. The Kier molecular flexibility index (Phi) is 5.60. The molecule has 1 N–H and O–H groups in total. The predicted molar refractivity (Wildman–Crippen MR) is 119 cm³/mol. The van der Waals surface area contributed by atoms with Crippen LogP contribution in [0.15, 0.2) is 58.5 Å². The van der Waals surface area contributed by atoms with Gasteiger partial charge >= 0.3 is 0 Å². The third kappa shape index (κ3) is 3.96. The molecule has 8 nitrogen and oxygen atoms in total. The number of hydrogen-bond donors (Lipinski definition) is 1. The molecule has 2 aromatic heterocycles. The molecule has 2 heterocycles. The van der Waals surface area contributed by atoms with Gasteiger partial charge in [-0.1, -0.05) is 48.2 Å². The number of rotatable bonds is 6. The van der Waals surface area contributed by atoms with Gasteiger partial charge in [0, 0.05) is 19.5 Å². The van der Waals surface area contributed by atoms with E-state index in [-0.39, 0.29) is 29.0 Å². The summed E-state index contributed by atoms with van der Waals surface area (Å²) in [5, 5.41) is 12.3. The second kappa shape index (κ2) is 8.35. The largest absolute Gasteiger partial charge is 0.350 e. The van der Waals surface area contributed by atoms with Gasteiger partial charge < -0.3 is 5.32 Å². The van der Waals surface area contributed by atoms with Gasteiger partial charge in [-0.15, -0.1) is 10.2 Å². The zero-order chi connectivity index (χ0) is 22.1. The number of aromatic nitrogens is 4. The lowest BCUT2D eigenvalue weighted by Gasteiger charge is -2.13. The molecule has 0 spiro atoms. The number of nitrogens with one attached hydrogen (secondary N) is 1. The maximum absolute atomic E-state index is 12.7. The van der Waals surface area contributed by atoms with Gasteiger partial charge in [0.05, 0.1) is 22.7 Å². The highest BCUT2D eigenvalue weighted by Crippen LogP contribution is 2.22. The highest BCUT2D eigenvalue weighted by molar-refractivity contribution is 7.99. The third-order valence-corrected chi connectivity index (χ3v) is 6.01. The molecule has 4 rings (SSSR count). The number of carbonyl (C=O) groups is 2. The van der Waals surface area contributed by atoms with E-state index in [1.165, 1.54) is 23.3 Å². The molecule has 2 aromatic carbocycles. The summed E-state index contributed by atoms with van der Waals surface area (Å²) in [4.78, 5) is 36.5. The Hall–Kier alpha value is -3.46. The predicted octanol–water partition coefficient (Wildman–Crippen LogP) is 2.75. The van der Waals surface area contributed by atoms with E-state index in [1.54, 1.807) is 29.6 Å². The Morgan fingerprint density at radius 3 is 2.52 bits per heavy atom. The first-order valence-corrected chi connectivity index (χ1v) is 10.7. The molecule has 1 atom stereocenters. The summed E-state index contributed by atoms with van der Waals surface area (Å²) in [6, 6.07) is 14.3. The van der Waals surface area contributed by atoms with Crippen LogP contribution in [0.5, 0.6) is 0 Å². The van der Waals surface area contributed by atoms with Crippen LogP contribution in [0.2, 0.25) is 0 Å². The van der Waals surface area contributed by atoms with Crippen molar-refractivity contribution in [3.05, 3.63) is 70.0 Å². The molecular weight excluding hydrogens is 414 g/mol. The molecular formula is C22H21N5O3S. The van der Waals surface area contributed by atoms with E-state index in [0.29, 0.717) is 27.4 Å². The summed E-state index contributed by atoms with van der Waals surface area (Å²) in [6.07, 6.45) is 0. The molecule has 158 valence electrons. The highest BCUT2D eigenvalue weighted by atomic mass is 32.2. The van der Waals surface area contributed by atoms with E-state index in [9.17, 15) is 14.4 Å². The topological polar surface area (TPSA) is 98.4 Å². The smallest absolute Gasteiger partial charge is 0.262 e. The van der Waals surface area contributed by atoms with Crippen LogP contribution in [-0.2, 0) is 11.8 Å². The van der Waals surface area contributed by atoms with Crippen molar-refractivity contribution in [2.45, 2.75) is 25.0 Å². The number of thioether (sulfide) groups is 1. The lowest BCUT2D eigenvalue weighted by Crippen LogP contribution is -2.23. The van der Waals surface area contributed by atoms with Crippen molar-refractivity contribution >= 4 is 40.1 Å². The normalized spacial score (nSPS) is 12.2. The van der Waals surface area contributed by atoms with Crippen LogP contribution in [0.4, 0.5) is 0 Å². The Balaban J connectivity index is 1.56. The van der Waals surface area contributed by atoms with Crippen LogP contribution in [0.3, 0.4) is 0 Å². The number of aryl methyl sites for hydroxylation is 1. The first-order chi connectivity index (χ1) is 14.9. The quantitative estimate of drug-likeness (QED) is 0.369. The van der Waals surface area contributed by atoms with Crippen LogP contribution >= 0.6 is 11.8 Å². The first-order valence-electron chi connectivity index (χ1n) is 9.72. The van der Waals surface area contributed by atoms with E-state index in [4.69, 9.17) is 0 Å². The number of benzene rings is 2. The van der Waals surface area contributed by atoms with Gasteiger partial charge in [-0.05, 0) is 24.6 Å². The molecule has 0 aliphatic heterocycles. The fourth-order valence-corrected chi connectivity index (χ4v) is 4.30. The second-order valence-electron chi connectivity index (χ2n) is 7.26. The van der Waals surface area contributed by atoms with Crippen molar-refractivity contribution in [2.24, 2.45) is 7.05 Å². The van der Waals surface area contributed by atoms with Crippen molar-refractivity contribution in [2.75, 3.05) is 5.75 Å². The number of amides is 1. The van der Waals surface area contributed by atoms with Gasteiger partial charge in [0.25, 0.3) is 5.56 Å². The molecule has 0 aliphatic carbocycles. The molecule has 1 amide bonds. The standard InChI is InChI=1S/C22H21N5O3S/c1-13(23-14(2)28)15-8-10-16(11-9-15)19(29)12-31-22-25-24-21-26(3)20(30)17-6-4-5-7-18(17)27(21)22/h4-11,13H,12H2,1-3H3,(H,23,28). The Bertz CT molecular complexity index is 1360. The fourth-order valence-electron chi connectivity index (χ4n) is 3.46. The van der Waals surface area contributed by atoms with E-state index in [1.807, 2.05) is 37.3 Å². The molecule has 0 saturated carbocycles. The van der Waals surface area contributed by atoms with Crippen molar-refractivity contribution < 1.29 is 9.59 Å². The van der Waals surface area contributed by atoms with Gasteiger partial charge in [-0.3, -0.25) is 23.4 Å². The minimum atomic E-state index is -0.142. The second-order valence-corrected chi connectivity index (χ2v) is 8.20. The average Bonchev–Trinajstić information content (AvgIpc) is 3.19. The van der Waals surface area contributed by atoms with Crippen molar-refractivity contribution in [1.29, 1.82) is 0 Å². The monoisotopic (exact) mass is 435 g/mol. The number of carbonyl (C=O) groups excluding carboxylic acids is 2. The van der Waals surface area contributed by atoms with Gasteiger partial charge in [-0.2, -0.15) is 0 Å². The van der Waals surface area contributed by atoms with E-state index in [2.05, 4.69) is 15.5 Å². The van der Waals surface area contributed by atoms with Crippen LogP contribution in [0.1, 0.15) is 35.8 Å². The SMILES string of the molecule is CC(=O)NC(C)c1ccc(C(=O)CSc2nnc3n(C)c(=O)c4ccccc4n23)cc1. The summed E-state index contributed by atoms with van der Waals surface area (Å²) >= 11 is 1.28. The van der Waals surface area contributed by atoms with E-state index >= 15 is 0 Å². The number of hydrogen-bond acceptors (Lipinski definition) is 6. The van der Waals surface area contributed by atoms with Crippen molar-refractivity contribution in [3.63, 3.8) is 0 Å². The molecule has 31 heavy (non-hydrogen) atoms. The van der Waals surface area contributed by atoms with Gasteiger partial charge in [0.15, 0.2) is 10.9 Å². The average molecular weight is 436 g/mol. The first kappa shape index (κ1) is 20.8. The van der Waals surface area contributed by atoms with Crippen LogP contribution in [0, 0.1) is 0 Å². The van der Waals surface area contributed by atoms with Gasteiger partial charge in [-0.25, -0.2) is 0 Å². The maximum Gasteiger partial charge on any atom is 0.262 e. The zero-order valence-corrected chi connectivity index (χ0v) is 18.1. The van der Waals surface area contributed by atoms with Crippen LogP contribution < -0.4 is 10.9 Å². The fraction of sp³-hybridized carbons (Fsp3) is 0.227. The van der Waals surface area contributed by atoms with E-state index < -0.39 is 0 Å². The molecule has 0 bridgehead atoms. The highest BCUT2D eigenvalue weighted by Gasteiger charge is 2.16. The molecule has 4 aromatic rings. The summed E-state index contributed by atoms with van der Waals surface area (Å²) < 4.78 is 3.25. The van der Waals surface area contributed by atoms with E-state index in [0.717, 1.165) is 5.56 Å². The zero-order valence-electron chi connectivity index (χ0n) is 17.3. The maximum atomic E-state index is 12.7. The molecule has 0 saturated heterocycles. The Labute approximate surface area is 182 Å². The lowest BCUT2D eigenvalue weighted by molar-refractivity contribution is -0.119. The minimum absolute atomic E-state index is 0.0467. The lowest BCUT2D eigenvalue weighted by atomic mass is 10.0. The summed E-state index contributed by atoms with van der Waals surface area (Å²) in [7, 11) is 1.65. The third-order valence-electron chi connectivity index (χ3n) is 5.08. The number of fused-ring (bicyclic) bond motifs is 3. The summed E-state index contributed by atoms with van der Waals surface area (Å²) in [5.41, 5.74) is 2.07. The Morgan fingerprint density at radius 2 is 1.81 bits per heavy atom. The molecule has 0 radical (unpaired) electrons. The summed E-state index contributed by atoms with van der Waals surface area (Å²) in [6.45, 7) is 3.36. The molecule has 0 fully saturated rings. The molecule has 1 unspecified atom stereocenters. The summed E-state index contributed by atoms with van der Waals surface area (Å²) in [5.74, 6) is 0.456. The molecule has 9 heteroatoms. The van der Waals surface area contributed by atoms with Crippen molar-refractivity contribution in [3.8, 4) is 0 Å².